The van der Waals surface area contributed by atoms with Crippen molar-refractivity contribution in [2.75, 3.05) is 13.6 Å². The van der Waals surface area contributed by atoms with Crippen molar-refractivity contribution < 1.29 is 66.9 Å². The van der Waals surface area contributed by atoms with E-state index in [0.29, 0.717) is 24.7 Å². The molecule has 1 aliphatic heterocycles. The normalized spacial score (nSPS) is 17.7. The van der Waals surface area contributed by atoms with E-state index in [4.69, 9.17) is 0 Å². The molecule has 0 radical (unpaired) electrons. The minimum atomic E-state index is -5.64. The molecule has 1 aliphatic rings. The number of rotatable bonds is 4. The zero-order valence-electron chi connectivity index (χ0n) is 21.2. The number of likely N-dealkylation sites (tertiary alicyclic amines) is 1. The van der Waals surface area contributed by atoms with Gasteiger partial charge in [-0.1, -0.05) is 0 Å². The SMILES string of the molecule is Cc1c(O)c(F)c(O)c(O)c1C1CCCCN1C(=O)N(C)C(C)(O)c1c(O)c(C(F)F)c(O)c(C(F)(F)F)c1O. The van der Waals surface area contributed by atoms with E-state index in [9.17, 15) is 66.9 Å². The molecule has 16 heteroatoms. The topological polar surface area (TPSA) is 165 Å². The molecular weight excluding hydrogens is 558 g/mol. The van der Waals surface area contributed by atoms with Crippen molar-refractivity contribution in [2.24, 2.45) is 0 Å². The number of amides is 2. The van der Waals surface area contributed by atoms with Crippen LogP contribution in [0.15, 0.2) is 0 Å². The summed E-state index contributed by atoms with van der Waals surface area (Å²) in [5, 5.41) is 72.1. The Balaban J connectivity index is 2.18. The molecule has 7 N–H and O–H groups in total. The van der Waals surface area contributed by atoms with Crippen molar-refractivity contribution >= 4 is 6.03 Å². The minimum Gasteiger partial charge on any atom is -0.507 e. The summed E-state index contributed by atoms with van der Waals surface area (Å²) in [4.78, 5) is 14.8. The van der Waals surface area contributed by atoms with Crippen molar-refractivity contribution in [3.8, 4) is 34.5 Å². The molecule has 1 fully saturated rings. The van der Waals surface area contributed by atoms with Crippen LogP contribution in [0.25, 0.3) is 0 Å². The zero-order valence-corrected chi connectivity index (χ0v) is 21.2. The number of halogens is 6. The number of benzene rings is 2. The second-order valence-corrected chi connectivity index (χ2v) is 9.47. The molecule has 0 bridgehead atoms. The van der Waals surface area contributed by atoms with E-state index >= 15 is 0 Å². The number of aromatic hydroxyl groups is 6. The fourth-order valence-electron chi connectivity index (χ4n) is 4.88. The molecule has 1 heterocycles. The highest BCUT2D eigenvalue weighted by Gasteiger charge is 2.49. The fraction of sp³-hybridized carbons (Fsp3) is 0.458. The standard InChI is InChI=1S/C24H26F6N2O8/c1-8-10(18(36)20(38)14(25)15(8)33)9-6-4-5-7-32(9)22(39)31(3)23(2,40)12-16(34)11(21(26)27)17(35)13(19(12)37)24(28,29)30/h9,21,33-38,40H,4-7H2,1-3H3. The van der Waals surface area contributed by atoms with E-state index in [-0.39, 0.29) is 24.1 Å². The molecule has 2 unspecified atom stereocenters. The van der Waals surface area contributed by atoms with Gasteiger partial charge in [0, 0.05) is 24.7 Å². The molecule has 40 heavy (non-hydrogen) atoms. The summed E-state index contributed by atoms with van der Waals surface area (Å²) in [5.74, 6) is -10.9. The van der Waals surface area contributed by atoms with Gasteiger partial charge < -0.3 is 40.6 Å². The van der Waals surface area contributed by atoms with Gasteiger partial charge >= 0.3 is 12.2 Å². The molecule has 3 rings (SSSR count). The van der Waals surface area contributed by atoms with Crippen LogP contribution in [0.5, 0.6) is 34.5 Å². The van der Waals surface area contributed by atoms with Gasteiger partial charge in [0.2, 0.25) is 5.82 Å². The Bertz CT molecular complexity index is 1320. The number of phenolic OH excluding ortho intramolecular Hbond substituents is 6. The van der Waals surface area contributed by atoms with E-state index in [2.05, 4.69) is 0 Å². The zero-order chi connectivity index (χ0) is 30.6. The van der Waals surface area contributed by atoms with Crippen molar-refractivity contribution in [1.82, 2.24) is 9.80 Å². The summed E-state index contributed by atoms with van der Waals surface area (Å²) < 4.78 is 82.0. The Kier molecular flexibility index (Phi) is 7.82. The first-order valence-electron chi connectivity index (χ1n) is 11.6. The van der Waals surface area contributed by atoms with Crippen molar-refractivity contribution in [3.05, 3.63) is 33.6 Å². The summed E-state index contributed by atoms with van der Waals surface area (Å²) in [7, 11) is 0.807. The van der Waals surface area contributed by atoms with Crippen molar-refractivity contribution in [3.63, 3.8) is 0 Å². The molecule has 0 aromatic heterocycles. The lowest BCUT2D eigenvalue weighted by atomic mass is 9.90. The summed E-state index contributed by atoms with van der Waals surface area (Å²) in [6, 6.07) is -2.42. The third kappa shape index (κ3) is 4.69. The van der Waals surface area contributed by atoms with Crippen LogP contribution in [-0.2, 0) is 11.9 Å². The summed E-state index contributed by atoms with van der Waals surface area (Å²) in [6.07, 6.45) is -8.75. The van der Waals surface area contributed by atoms with E-state index in [1.165, 1.54) is 6.92 Å². The van der Waals surface area contributed by atoms with Gasteiger partial charge in [-0.05, 0) is 33.1 Å². The smallest absolute Gasteiger partial charge is 0.423 e. The van der Waals surface area contributed by atoms with Gasteiger partial charge in [-0.25, -0.2) is 13.6 Å². The molecule has 222 valence electrons. The van der Waals surface area contributed by atoms with Crippen LogP contribution < -0.4 is 0 Å². The molecule has 2 aromatic carbocycles. The number of piperidine rings is 1. The van der Waals surface area contributed by atoms with Crippen molar-refractivity contribution in [2.45, 2.75) is 57.5 Å². The number of hydrogen-bond donors (Lipinski definition) is 7. The highest BCUT2D eigenvalue weighted by Crippen LogP contribution is 2.55. The second kappa shape index (κ2) is 10.2. The Labute approximate surface area is 222 Å². The fourth-order valence-corrected chi connectivity index (χ4v) is 4.88. The van der Waals surface area contributed by atoms with Crippen molar-refractivity contribution in [1.29, 1.82) is 0 Å². The van der Waals surface area contributed by atoms with Gasteiger partial charge in [0.1, 0.15) is 28.4 Å². The monoisotopic (exact) mass is 584 g/mol. The average molecular weight is 584 g/mol. The number of alkyl halides is 5. The average Bonchev–Trinajstić information content (AvgIpc) is 2.84. The first-order valence-corrected chi connectivity index (χ1v) is 11.6. The lowest BCUT2D eigenvalue weighted by Crippen LogP contribution is -2.53. The van der Waals surface area contributed by atoms with Gasteiger partial charge in [-0.3, -0.25) is 4.90 Å². The summed E-state index contributed by atoms with van der Waals surface area (Å²) >= 11 is 0. The maximum Gasteiger partial charge on any atom is 0.423 e. The third-order valence-electron chi connectivity index (χ3n) is 7.11. The Morgan fingerprint density at radius 3 is 2.00 bits per heavy atom. The first kappa shape index (κ1) is 30.6. The highest BCUT2D eigenvalue weighted by atomic mass is 19.4. The molecule has 10 nitrogen and oxygen atoms in total. The number of carbonyl (C=O) groups is 1. The maximum atomic E-state index is 14.1. The van der Waals surface area contributed by atoms with Gasteiger partial charge in [0.15, 0.2) is 23.0 Å². The van der Waals surface area contributed by atoms with E-state index in [1.807, 2.05) is 0 Å². The van der Waals surface area contributed by atoms with Crippen LogP contribution in [0.3, 0.4) is 0 Å². The molecule has 2 aromatic rings. The van der Waals surface area contributed by atoms with E-state index in [1.54, 1.807) is 0 Å². The predicted molar refractivity (Wildman–Crippen MR) is 124 cm³/mol. The molecule has 0 saturated carbocycles. The quantitative estimate of drug-likeness (QED) is 0.117. The van der Waals surface area contributed by atoms with Crippen LogP contribution in [0.2, 0.25) is 0 Å². The maximum absolute atomic E-state index is 14.1. The molecule has 0 aliphatic carbocycles. The molecular formula is C24H26F6N2O8. The number of hydrogen-bond acceptors (Lipinski definition) is 8. The van der Waals surface area contributed by atoms with Gasteiger partial charge in [-0.2, -0.15) is 17.6 Å². The van der Waals surface area contributed by atoms with Crippen LogP contribution in [-0.4, -0.2) is 65.2 Å². The van der Waals surface area contributed by atoms with Crippen LogP contribution in [0, 0.1) is 12.7 Å². The molecule has 2 atom stereocenters. The third-order valence-corrected chi connectivity index (χ3v) is 7.11. The van der Waals surface area contributed by atoms with Gasteiger partial charge in [-0.15, -0.1) is 0 Å². The van der Waals surface area contributed by atoms with E-state index in [0.717, 1.165) is 11.9 Å². The minimum absolute atomic E-state index is 0.0596. The van der Waals surface area contributed by atoms with Crippen LogP contribution in [0.4, 0.5) is 31.1 Å². The lowest BCUT2D eigenvalue weighted by Gasteiger charge is -2.43. The Morgan fingerprint density at radius 2 is 1.48 bits per heavy atom. The first-order chi connectivity index (χ1) is 18.3. The largest absolute Gasteiger partial charge is 0.507 e. The predicted octanol–water partition coefficient (Wildman–Crippen LogP) is 4.77. The molecule has 1 saturated heterocycles. The summed E-state index contributed by atoms with van der Waals surface area (Å²) in [6.45, 7) is 1.66. The number of phenols is 6. The van der Waals surface area contributed by atoms with Crippen LogP contribution in [0.1, 0.15) is 66.5 Å². The van der Waals surface area contributed by atoms with E-state index < -0.39 is 87.4 Å². The lowest BCUT2D eigenvalue weighted by molar-refractivity contribution is -0.140. The molecule has 2 amide bonds. The molecule has 0 spiro atoms. The van der Waals surface area contributed by atoms with Gasteiger partial charge in [0.25, 0.3) is 6.43 Å². The van der Waals surface area contributed by atoms with Gasteiger partial charge in [0.05, 0.1) is 11.6 Å². The number of nitrogens with zero attached hydrogens (tertiary/aromatic N) is 2. The second-order valence-electron chi connectivity index (χ2n) is 9.47. The summed E-state index contributed by atoms with van der Waals surface area (Å²) in [5.41, 5.74) is -9.55. The number of aliphatic hydroxyl groups is 1. The Morgan fingerprint density at radius 1 is 0.925 bits per heavy atom. The highest BCUT2D eigenvalue weighted by molar-refractivity contribution is 5.77. The number of urea groups is 1. The number of carbonyl (C=O) groups excluding carboxylic acids is 1. The van der Waals surface area contributed by atoms with Crippen LogP contribution >= 0.6 is 0 Å². The Hall–Kier alpha value is -3.95.